The molecule has 0 aromatic heterocycles. The van der Waals surface area contributed by atoms with E-state index < -0.39 is 6.23 Å². The molecule has 0 spiro atoms. The van der Waals surface area contributed by atoms with Gasteiger partial charge in [0.2, 0.25) is 5.91 Å². The van der Waals surface area contributed by atoms with E-state index in [-0.39, 0.29) is 64.0 Å². The number of nitrogens with one attached hydrogen (secondary N) is 3. The average Bonchev–Trinajstić information content (AvgIpc) is 3.02. The van der Waals surface area contributed by atoms with Crippen molar-refractivity contribution in [2.24, 2.45) is 0 Å². The fraction of sp³-hybridized carbons (Fsp3) is 0.865. The molecule has 8 heteroatoms. The Morgan fingerprint density at radius 3 is 1.53 bits per heavy atom. The monoisotopic (exact) mass is 686 g/mol. The molecule has 5 nitrogen and oxygen atoms in total. The number of carbonyl (C=O) groups is 1. The van der Waals surface area contributed by atoms with Crippen LogP contribution >= 0.6 is 12.8 Å². The zero-order valence-electron chi connectivity index (χ0n) is 31.3. The molecule has 0 aliphatic heterocycles. The molecule has 0 radical (unpaired) electrons. The number of allylic oxidation sites excluding steroid dienone is 2. The molecular formula is C37H77FKN3O2S. The second-order valence-corrected chi connectivity index (χ2v) is 11.7. The quantitative estimate of drug-likeness (QED) is 0.0226. The van der Waals surface area contributed by atoms with E-state index >= 15 is 0 Å². The molecule has 0 fully saturated rings. The molecule has 0 rings (SSSR count). The third kappa shape index (κ3) is 60.4. The summed E-state index contributed by atoms with van der Waals surface area (Å²) in [6.45, 7) is 18.1. The van der Waals surface area contributed by atoms with E-state index in [2.05, 4.69) is 55.2 Å². The van der Waals surface area contributed by atoms with Crippen LogP contribution in [0.4, 0.5) is 4.39 Å². The van der Waals surface area contributed by atoms with E-state index in [9.17, 15) is 14.3 Å². The summed E-state index contributed by atoms with van der Waals surface area (Å²) in [5.41, 5.74) is 2.42. The number of carbonyl (C=O) groups excluding carboxylic acids is 1. The van der Waals surface area contributed by atoms with Crippen LogP contribution in [0.15, 0.2) is 24.4 Å². The van der Waals surface area contributed by atoms with Gasteiger partial charge in [-0.05, 0) is 52.4 Å². The van der Waals surface area contributed by atoms with Crippen molar-refractivity contribution in [1.29, 1.82) is 0 Å². The predicted octanol–water partition coefficient (Wildman–Crippen LogP) is 7.52. The minimum atomic E-state index is -0.681. The third-order valence-electron chi connectivity index (χ3n) is 7.05. The summed E-state index contributed by atoms with van der Waals surface area (Å²) in [4.78, 5) is 11.8. The van der Waals surface area contributed by atoms with Crippen molar-refractivity contribution < 1.29 is 65.7 Å². The fourth-order valence-corrected chi connectivity index (χ4v) is 4.51. The van der Waals surface area contributed by atoms with Crippen molar-refractivity contribution in [2.45, 2.75) is 189 Å². The van der Waals surface area contributed by atoms with Crippen LogP contribution in [0.1, 0.15) is 182 Å². The first-order valence-corrected chi connectivity index (χ1v) is 18.6. The smallest absolute Gasteiger partial charge is 0.840 e. The van der Waals surface area contributed by atoms with Crippen molar-refractivity contribution in [2.75, 3.05) is 20.3 Å². The van der Waals surface area contributed by atoms with Crippen LogP contribution in [0.2, 0.25) is 0 Å². The van der Waals surface area contributed by atoms with Crippen molar-refractivity contribution in [1.82, 2.24) is 15.4 Å². The Balaban J connectivity index is -0.000000297. The molecule has 0 heterocycles. The SMILES string of the molecule is C=C(C)CCCCCNC(=O)CCCCCCCCCCCCCCCC(=C)NC.CC.CCCCCC([O-])NS.CCF.[K+]. The van der Waals surface area contributed by atoms with Gasteiger partial charge in [0.15, 0.2) is 0 Å². The topological polar surface area (TPSA) is 76.2 Å². The van der Waals surface area contributed by atoms with Gasteiger partial charge < -0.3 is 15.7 Å². The molecule has 0 saturated carbocycles. The molecular weight excluding hydrogens is 609 g/mol. The minimum Gasteiger partial charge on any atom is -0.840 e. The van der Waals surface area contributed by atoms with E-state index in [4.69, 9.17) is 0 Å². The number of rotatable bonds is 28. The van der Waals surface area contributed by atoms with Gasteiger partial charge in [0.25, 0.3) is 0 Å². The van der Waals surface area contributed by atoms with E-state index in [1.807, 2.05) is 20.9 Å². The first-order valence-electron chi connectivity index (χ1n) is 18.2. The number of unbranched alkanes of at least 4 members (excludes halogenated alkanes) is 16. The van der Waals surface area contributed by atoms with Crippen molar-refractivity contribution >= 4 is 18.7 Å². The maximum Gasteiger partial charge on any atom is 1.00 e. The van der Waals surface area contributed by atoms with Gasteiger partial charge in [0.1, 0.15) is 0 Å². The summed E-state index contributed by atoms with van der Waals surface area (Å²) < 4.78 is 12.7. The van der Waals surface area contributed by atoms with Gasteiger partial charge >= 0.3 is 51.4 Å². The van der Waals surface area contributed by atoms with E-state index in [1.54, 1.807) is 0 Å². The second kappa shape index (κ2) is 51.4. The molecule has 0 bridgehead atoms. The van der Waals surface area contributed by atoms with Crippen LogP contribution in [0.3, 0.4) is 0 Å². The fourth-order valence-electron chi connectivity index (χ4n) is 4.38. The van der Waals surface area contributed by atoms with Crippen LogP contribution in [0.25, 0.3) is 0 Å². The summed E-state index contributed by atoms with van der Waals surface area (Å²) in [6.07, 6.45) is 26.9. The summed E-state index contributed by atoms with van der Waals surface area (Å²) in [7, 11) is 1.96. The van der Waals surface area contributed by atoms with Crippen LogP contribution in [-0.2, 0) is 4.79 Å². The molecule has 0 aliphatic carbocycles. The summed E-state index contributed by atoms with van der Waals surface area (Å²) >= 11 is 3.66. The standard InChI is InChI=1S/C27H52N2O.C6H14NOS.C2H5F.C2H6.K/c1-25(2)21-17-16-20-24-29-27(30)23-19-15-13-11-9-7-5-6-8-10-12-14-18-22-26(3)28-4;1-2-3-4-5-6(8)7-9;1-2-3;1-2;/h28H,1,3,5-24H2,2,4H3,(H,29,30);6-7,9H,2-5H2,1H3;2H2,1H3;1-2H3;/q;-1;;;+1. The van der Waals surface area contributed by atoms with Crippen LogP contribution in [0.5, 0.6) is 0 Å². The minimum absolute atomic E-state index is 0. The molecule has 266 valence electrons. The normalized spacial score (nSPS) is 10.4. The molecule has 0 aromatic rings. The van der Waals surface area contributed by atoms with Crippen molar-refractivity contribution in [3.8, 4) is 0 Å². The first kappa shape index (κ1) is 55.0. The average molecular weight is 686 g/mol. The largest absolute Gasteiger partial charge is 1.00 e. The maximum atomic E-state index is 11.8. The van der Waals surface area contributed by atoms with Gasteiger partial charge in [-0.15, -0.1) is 19.4 Å². The van der Waals surface area contributed by atoms with Gasteiger partial charge in [-0.2, -0.15) is 0 Å². The molecule has 0 aromatic carbocycles. The van der Waals surface area contributed by atoms with Gasteiger partial charge in [-0.25, -0.2) is 0 Å². The number of hydrogen-bond acceptors (Lipinski definition) is 5. The third-order valence-corrected chi connectivity index (χ3v) is 7.34. The zero-order chi connectivity index (χ0) is 34.1. The Kier molecular flexibility index (Phi) is 62.9. The van der Waals surface area contributed by atoms with Gasteiger partial charge in [0.05, 0.1) is 6.67 Å². The molecule has 0 saturated heterocycles. The van der Waals surface area contributed by atoms with Gasteiger partial charge in [0, 0.05) is 25.7 Å². The summed E-state index contributed by atoms with van der Waals surface area (Å²) in [5.74, 6) is 0.238. The van der Waals surface area contributed by atoms with Crippen molar-refractivity contribution in [3.05, 3.63) is 24.4 Å². The van der Waals surface area contributed by atoms with Crippen molar-refractivity contribution in [3.63, 3.8) is 0 Å². The number of thiol groups is 1. The predicted molar refractivity (Wildman–Crippen MR) is 197 cm³/mol. The maximum absolute atomic E-state index is 11.8. The molecule has 1 amide bonds. The van der Waals surface area contributed by atoms with Crippen LogP contribution in [-0.4, -0.2) is 32.4 Å². The molecule has 1 atom stereocenters. The number of halogens is 1. The first-order chi connectivity index (χ1) is 21.3. The summed E-state index contributed by atoms with van der Waals surface area (Å²) in [6, 6.07) is 0. The number of hydrogen-bond donors (Lipinski definition) is 4. The van der Waals surface area contributed by atoms with Gasteiger partial charge in [-0.3, -0.25) is 13.9 Å². The Morgan fingerprint density at radius 2 is 1.13 bits per heavy atom. The van der Waals surface area contributed by atoms with Crippen LogP contribution in [0, 0.1) is 0 Å². The Labute approximate surface area is 329 Å². The molecule has 1 unspecified atom stereocenters. The van der Waals surface area contributed by atoms with E-state index in [0.29, 0.717) is 12.8 Å². The number of alkyl halides is 1. The molecule has 45 heavy (non-hydrogen) atoms. The van der Waals surface area contributed by atoms with Gasteiger partial charge in [-0.1, -0.05) is 142 Å². The Hall–Kier alpha value is 0.586. The molecule has 0 aliphatic rings. The van der Waals surface area contributed by atoms with Crippen LogP contribution < -0.4 is 71.8 Å². The number of amides is 1. The summed E-state index contributed by atoms with van der Waals surface area (Å²) in [5, 5.41) is 16.8. The molecule has 3 N–H and O–H groups in total. The van der Waals surface area contributed by atoms with E-state index in [1.165, 1.54) is 115 Å². The Morgan fingerprint density at radius 1 is 0.733 bits per heavy atom. The second-order valence-electron chi connectivity index (χ2n) is 11.4. The zero-order valence-corrected chi connectivity index (χ0v) is 35.3. The Bertz CT molecular complexity index is 586. The van der Waals surface area contributed by atoms with E-state index in [0.717, 1.165) is 45.1 Å².